The summed E-state index contributed by atoms with van der Waals surface area (Å²) in [7, 11) is 0. The van der Waals surface area contributed by atoms with Crippen LogP contribution in [0.1, 0.15) is 12.8 Å². The topological polar surface area (TPSA) is 21.3 Å². The van der Waals surface area contributed by atoms with Gasteiger partial charge in [0.25, 0.3) is 0 Å². The highest BCUT2D eigenvalue weighted by atomic mass is 16.5. The molecule has 1 aliphatic rings. The van der Waals surface area contributed by atoms with E-state index in [4.69, 9.17) is 4.74 Å². The van der Waals surface area contributed by atoms with Crippen molar-refractivity contribution in [1.29, 1.82) is 0 Å². The van der Waals surface area contributed by atoms with Crippen molar-refractivity contribution >= 4 is 0 Å². The summed E-state index contributed by atoms with van der Waals surface area (Å²) in [5, 5.41) is 3.29. The molecule has 0 atom stereocenters. The van der Waals surface area contributed by atoms with Crippen molar-refractivity contribution in [2.45, 2.75) is 18.9 Å². The Kier molecular flexibility index (Phi) is 4.84. The van der Waals surface area contributed by atoms with E-state index in [2.05, 4.69) is 24.2 Å². The van der Waals surface area contributed by atoms with E-state index in [1.54, 1.807) is 12.2 Å². The van der Waals surface area contributed by atoms with Gasteiger partial charge in [-0.3, -0.25) is 0 Å². The first-order chi connectivity index (χ1) is 6.86. The first-order valence-electron chi connectivity index (χ1n) is 4.92. The molecule has 0 aromatic heterocycles. The molecule has 1 fully saturated rings. The Morgan fingerprint density at radius 3 is 2.71 bits per heavy atom. The third kappa shape index (κ3) is 3.65. The molecule has 1 N–H and O–H groups in total. The summed E-state index contributed by atoms with van der Waals surface area (Å²) in [6.45, 7) is 9.23. The van der Waals surface area contributed by atoms with Crippen LogP contribution in [0.2, 0.25) is 0 Å². The van der Waals surface area contributed by atoms with E-state index < -0.39 is 0 Å². The number of ether oxygens (including phenoxy) is 1. The monoisotopic (exact) mass is 191 g/mol. The molecule has 0 aliphatic carbocycles. The standard InChI is InChI=1S/C12H17NO/c1-3-5-11(6-4-2)14-12-7-9-13-10-8-12/h3,5-6,12-13H,1-2,7-10H2/b11-5+. The fourth-order valence-electron chi connectivity index (χ4n) is 1.44. The van der Waals surface area contributed by atoms with Crippen LogP contribution in [0.25, 0.3) is 0 Å². The summed E-state index contributed by atoms with van der Waals surface area (Å²) in [6, 6.07) is 0. The van der Waals surface area contributed by atoms with Crippen molar-refractivity contribution in [2.75, 3.05) is 13.1 Å². The van der Waals surface area contributed by atoms with Crippen LogP contribution in [0.3, 0.4) is 0 Å². The summed E-state index contributed by atoms with van der Waals surface area (Å²) in [6.07, 6.45) is 7.71. The lowest BCUT2D eigenvalue weighted by Gasteiger charge is -2.23. The average Bonchev–Trinajstić information content (AvgIpc) is 2.20. The van der Waals surface area contributed by atoms with Crippen LogP contribution in [0.4, 0.5) is 0 Å². The van der Waals surface area contributed by atoms with E-state index in [0.29, 0.717) is 6.10 Å². The van der Waals surface area contributed by atoms with Crippen molar-refractivity contribution in [3.05, 3.63) is 42.9 Å². The van der Waals surface area contributed by atoms with Gasteiger partial charge in [-0.2, -0.15) is 0 Å². The summed E-state index contributed by atoms with van der Waals surface area (Å²) in [5.74, 6) is 0.793. The Balaban J connectivity index is 2.49. The van der Waals surface area contributed by atoms with Crippen LogP contribution in [0.15, 0.2) is 42.9 Å². The van der Waals surface area contributed by atoms with Gasteiger partial charge in [0.15, 0.2) is 0 Å². The van der Waals surface area contributed by atoms with Gasteiger partial charge in [0.05, 0.1) is 0 Å². The molecule has 0 spiro atoms. The molecule has 1 rings (SSSR count). The summed E-state index contributed by atoms with van der Waals surface area (Å²) in [5.41, 5.74) is 2.71. The van der Waals surface area contributed by atoms with Crippen molar-refractivity contribution in [3.63, 3.8) is 0 Å². The maximum absolute atomic E-state index is 5.76. The smallest absolute Gasteiger partial charge is 0.127 e. The van der Waals surface area contributed by atoms with Gasteiger partial charge in [0.2, 0.25) is 0 Å². The van der Waals surface area contributed by atoms with Crippen molar-refractivity contribution < 1.29 is 4.74 Å². The summed E-state index contributed by atoms with van der Waals surface area (Å²) >= 11 is 0. The van der Waals surface area contributed by atoms with Gasteiger partial charge in [0, 0.05) is 6.08 Å². The lowest BCUT2D eigenvalue weighted by Crippen LogP contribution is -2.32. The minimum Gasteiger partial charge on any atom is -0.490 e. The van der Waals surface area contributed by atoms with Gasteiger partial charge in [0.1, 0.15) is 11.9 Å². The van der Waals surface area contributed by atoms with Gasteiger partial charge in [-0.15, -0.1) is 5.73 Å². The molecule has 1 saturated heterocycles. The zero-order chi connectivity index (χ0) is 10.2. The Labute approximate surface area is 85.7 Å². The van der Waals surface area contributed by atoms with Gasteiger partial charge in [-0.1, -0.05) is 19.2 Å². The number of nitrogens with one attached hydrogen (secondary N) is 1. The molecule has 0 aromatic rings. The fraction of sp³-hybridized carbons (Fsp3) is 0.417. The van der Waals surface area contributed by atoms with Crippen molar-refractivity contribution in [3.8, 4) is 0 Å². The predicted molar refractivity (Wildman–Crippen MR) is 59.0 cm³/mol. The molecular weight excluding hydrogens is 174 g/mol. The maximum atomic E-state index is 5.76. The molecule has 2 nitrogen and oxygen atoms in total. The van der Waals surface area contributed by atoms with Gasteiger partial charge in [-0.05, 0) is 32.0 Å². The minimum atomic E-state index is 0.312. The Bertz CT molecular complexity index is 255. The third-order valence-corrected chi connectivity index (χ3v) is 2.12. The molecule has 0 unspecified atom stereocenters. The second-order valence-electron chi connectivity index (χ2n) is 3.22. The number of hydrogen-bond acceptors (Lipinski definition) is 2. The van der Waals surface area contributed by atoms with Crippen LogP contribution in [0, 0.1) is 0 Å². The molecule has 0 bridgehead atoms. The highest BCUT2D eigenvalue weighted by molar-refractivity contribution is 5.16. The number of allylic oxidation sites excluding steroid dienone is 3. The van der Waals surface area contributed by atoms with Gasteiger partial charge < -0.3 is 10.1 Å². The van der Waals surface area contributed by atoms with E-state index >= 15 is 0 Å². The largest absolute Gasteiger partial charge is 0.490 e. The van der Waals surface area contributed by atoms with Gasteiger partial charge in [-0.25, -0.2) is 0 Å². The van der Waals surface area contributed by atoms with Gasteiger partial charge >= 0.3 is 0 Å². The lowest BCUT2D eigenvalue weighted by molar-refractivity contribution is 0.0961. The molecule has 0 saturated carbocycles. The Morgan fingerprint density at radius 2 is 2.14 bits per heavy atom. The van der Waals surface area contributed by atoms with Crippen LogP contribution in [0.5, 0.6) is 0 Å². The number of hydrogen-bond donors (Lipinski definition) is 1. The first kappa shape index (κ1) is 10.8. The zero-order valence-electron chi connectivity index (χ0n) is 8.46. The van der Waals surface area contributed by atoms with E-state index in [0.717, 1.165) is 31.7 Å². The number of piperidine rings is 1. The minimum absolute atomic E-state index is 0.312. The Hall–Kier alpha value is -1.24. The molecule has 0 aromatic carbocycles. The highest BCUT2D eigenvalue weighted by Gasteiger charge is 2.14. The van der Waals surface area contributed by atoms with Crippen LogP contribution in [-0.2, 0) is 4.74 Å². The van der Waals surface area contributed by atoms with Crippen LogP contribution < -0.4 is 5.32 Å². The molecule has 14 heavy (non-hydrogen) atoms. The molecule has 0 radical (unpaired) electrons. The number of rotatable bonds is 4. The second kappa shape index (κ2) is 6.25. The molecule has 1 heterocycles. The SMILES string of the molecule is C=C=C/C(=C\C=C)OC1CCNCC1. The van der Waals surface area contributed by atoms with Crippen LogP contribution >= 0.6 is 0 Å². The van der Waals surface area contributed by atoms with Crippen molar-refractivity contribution in [2.24, 2.45) is 0 Å². The first-order valence-corrected chi connectivity index (χ1v) is 4.92. The molecule has 76 valence electrons. The average molecular weight is 191 g/mol. The maximum Gasteiger partial charge on any atom is 0.127 e. The van der Waals surface area contributed by atoms with E-state index in [1.807, 2.05) is 6.08 Å². The fourth-order valence-corrected chi connectivity index (χ4v) is 1.44. The molecular formula is C12H17NO. The van der Waals surface area contributed by atoms with E-state index in [-0.39, 0.29) is 0 Å². The predicted octanol–water partition coefficient (Wildman–Crippen LogP) is 2.17. The summed E-state index contributed by atoms with van der Waals surface area (Å²) < 4.78 is 5.76. The molecule has 2 heteroatoms. The second-order valence-corrected chi connectivity index (χ2v) is 3.22. The Morgan fingerprint density at radius 1 is 1.43 bits per heavy atom. The quantitative estimate of drug-likeness (QED) is 0.418. The highest BCUT2D eigenvalue weighted by Crippen LogP contribution is 2.12. The van der Waals surface area contributed by atoms with E-state index in [1.165, 1.54) is 0 Å². The molecule has 0 amide bonds. The van der Waals surface area contributed by atoms with E-state index in [9.17, 15) is 0 Å². The lowest BCUT2D eigenvalue weighted by atomic mass is 10.1. The molecule has 1 aliphatic heterocycles. The summed E-state index contributed by atoms with van der Waals surface area (Å²) in [4.78, 5) is 0. The normalized spacial score (nSPS) is 18.4. The van der Waals surface area contributed by atoms with Crippen molar-refractivity contribution in [1.82, 2.24) is 5.32 Å². The third-order valence-electron chi connectivity index (χ3n) is 2.12. The van der Waals surface area contributed by atoms with Crippen LogP contribution in [-0.4, -0.2) is 19.2 Å². The zero-order valence-corrected chi connectivity index (χ0v) is 8.46.